The maximum absolute atomic E-state index is 11.5. The molecule has 0 saturated carbocycles. The Bertz CT molecular complexity index is 228. The quantitative estimate of drug-likeness (QED) is 0.718. The molecule has 1 fully saturated rings. The number of carbonyl (C=O) groups is 2. The van der Waals surface area contributed by atoms with E-state index < -0.39 is 0 Å². The molecule has 1 saturated heterocycles. The lowest BCUT2D eigenvalue weighted by molar-refractivity contribution is -0.134. The third-order valence-corrected chi connectivity index (χ3v) is 2.64. The van der Waals surface area contributed by atoms with E-state index in [-0.39, 0.29) is 17.7 Å². The van der Waals surface area contributed by atoms with Gasteiger partial charge in [0.1, 0.15) is 0 Å². The highest BCUT2D eigenvalue weighted by molar-refractivity contribution is 5.80. The Morgan fingerprint density at radius 1 is 1.50 bits per heavy atom. The number of piperidine rings is 1. The minimum absolute atomic E-state index is 0.135. The van der Waals surface area contributed by atoms with Crippen molar-refractivity contribution in [2.75, 3.05) is 13.1 Å². The second kappa shape index (κ2) is 4.98. The maximum atomic E-state index is 11.5. The van der Waals surface area contributed by atoms with Gasteiger partial charge in [0.2, 0.25) is 11.8 Å². The van der Waals surface area contributed by atoms with E-state index >= 15 is 0 Å². The van der Waals surface area contributed by atoms with E-state index in [0.29, 0.717) is 13.0 Å². The fourth-order valence-electron chi connectivity index (χ4n) is 1.81. The summed E-state index contributed by atoms with van der Waals surface area (Å²) in [6, 6.07) is 0. The molecule has 1 aliphatic heterocycles. The van der Waals surface area contributed by atoms with Crippen LogP contribution in [0.2, 0.25) is 0 Å². The van der Waals surface area contributed by atoms with E-state index in [1.165, 1.54) is 0 Å². The number of nitrogens with zero attached hydrogens (tertiary/aromatic N) is 1. The molecule has 0 aromatic carbocycles. The van der Waals surface area contributed by atoms with E-state index in [0.717, 1.165) is 25.8 Å². The molecule has 2 N–H and O–H groups in total. The summed E-state index contributed by atoms with van der Waals surface area (Å²) >= 11 is 0. The van der Waals surface area contributed by atoms with Gasteiger partial charge in [-0.2, -0.15) is 0 Å². The van der Waals surface area contributed by atoms with E-state index in [1.807, 2.05) is 6.92 Å². The summed E-state index contributed by atoms with van der Waals surface area (Å²) in [5.74, 6) is -0.262. The third kappa shape index (κ3) is 2.72. The summed E-state index contributed by atoms with van der Waals surface area (Å²) in [7, 11) is 0. The molecule has 1 heterocycles. The average Bonchev–Trinajstić information content (AvgIpc) is 2.18. The number of primary amides is 1. The normalized spacial score (nSPS) is 22.1. The lowest BCUT2D eigenvalue weighted by Crippen LogP contribution is -2.43. The SMILES string of the molecule is CCCC(=O)N1CCCC(C(N)=O)C1. The van der Waals surface area contributed by atoms with Gasteiger partial charge in [-0.3, -0.25) is 9.59 Å². The molecule has 0 aliphatic carbocycles. The lowest BCUT2D eigenvalue weighted by Gasteiger charge is -2.31. The molecule has 0 radical (unpaired) electrons. The Kier molecular flexibility index (Phi) is 3.92. The molecule has 80 valence electrons. The van der Waals surface area contributed by atoms with Gasteiger partial charge in [0, 0.05) is 19.5 Å². The van der Waals surface area contributed by atoms with Crippen molar-refractivity contribution < 1.29 is 9.59 Å². The minimum Gasteiger partial charge on any atom is -0.369 e. The molecule has 0 spiro atoms. The lowest BCUT2D eigenvalue weighted by atomic mass is 9.97. The average molecular weight is 198 g/mol. The van der Waals surface area contributed by atoms with Crippen LogP contribution in [0.25, 0.3) is 0 Å². The Labute approximate surface area is 84.4 Å². The monoisotopic (exact) mass is 198 g/mol. The fraction of sp³-hybridized carbons (Fsp3) is 0.800. The highest BCUT2D eigenvalue weighted by Crippen LogP contribution is 2.16. The zero-order valence-electron chi connectivity index (χ0n) is 8.66. The fourth-order valence-corrected chi connectivity index (χ4v) is 1.81. The van der Waals surface area contributed by atoms with E-state index in [9.17, 15) is 9.59 Å². The number of likely N-dealkylation sites (tertiary alicyclic amines) is 1. The van der Waals surface area contributed by atoms with Gasteiger partial charge in [0.15, 0.2) is 0 Å². The van der Waals surface area contributed by atoms with Crippen LogP contribution in [0.1, 0.15) is 32.6 Å². The summed E-state index contributed by atoms with van der Waals surface area (Å²) in [5, 5.41) is 0. The first kappa shape index (κ1) is 11.0. The van der Waals surface area contributed by atoms with Crippen molar-refractivity contribution in [1.82, 2.24) is 4.90 Å². The summed E-state index contributed by atoms with van der Waals surface area (Å²) in [5.41, 5.74) is 5.23. The topological polar surface area (TPSA) is 63.4 Å². The highest BCUT2D eigenvalue weighted by Gasteiger charge is 2.26. The Balaban J connectivity index is 2.47. The zero-order chi connectivity index (χ0) is 10.6. The second-order valence-corrected chi connectivity index (χ2v) is 3.83. The van der Waals surface area contributed by atoms with Gasteiger partial charge in [-0.15, -0.1) is 0 Å². The van der Waals surface area contributed by atoms with E-state index in [4.69, 9.17) is 5.73 Å². The zero-order valence-corrected chi connectivity index (χ0v) is 8.66. The summed E-state index contributed by atoms with van der Waals surface area (Å²) in [4.78, 5) is 24.3. The molecule has 4 nitrogen and oxygen atoms in total. The van der Waals surface area contributed by atoms with Crippen molar-refractivity contribution in [2.24, 2.45) is 11.7 Å². The number of hydrogen-bond donors (Lipinski definition) is 1. The predicted octanol–water partition coefficient (Wildman–Crippen LogP) is 0.510. The highest BCUT2D eigenvalue weighted by atomic mass is 16.2. The third-order valence-electron chi connectivity index (χ3n) is 2.64. The van der Waals surface area contributed by atoms with E-state index in [2.05, 4.69) is 0 Å². The molecule has 2 amide bonds. The maximum Gasteiger partial charge on any atom is 0.222 e. The van der Waals surface area contributed by atoms with Crippen molar-refractivity contribution in [1.29, 1.82) is 0 Å². The largest absolute Gasteiger partial charge is 0.369 e. The van der Waals surface area contributed by atoms with Crippen molar-refractivity contribution in [3.05, 3.63) is 0 Å². The van der Waals surface area contributed by atoms with Crippen LogP contribution in [-0.2, 0) is 9.59 Å². The smallest absolute Gasteiger partial charge is 0.222 e. The number of rotatable bonds is 3. The van der Waals surface area contributed by atoms with Crippen molar-refractivity contribution in [3.63, 3.8) is 0 Å². The van der Waals surface area contributed by atoms with Crippen molar-refractivity contribution >= 4 is 11.8 Å². The van der Waals surface area contributed by atoms with Gasteiger partial charge >= 0.3 is 0 Å². The predicted molar refractivity (Wildman–Crippen MR) is 53.4 cm³/mol. The van der Waals surface area contributed by atoms with Gasteiger partial charge < -0.3 is 10.6 Å². The van der Waals surface area contributed by atoms with E-state index in [1.54, 1.807) is 4.90 Å². The number of carbonyl (C=O) groups excluding carboxylic acids is 2. The summed E-state index contributed by atoms with van der Waals surface area (Å²) in [6.07, 6.45) is 3.15. The molecule has 0 aromatic heterocycles. The summed E-state index contributed by atoms with van der Waals surface area (Å²) in [6.45, 7) is 3.28. The van der Waals surface area contributed by atoms with Crippen LogP contribution in [0, 0.1) is 5.92 Å². The molecule has 1 unspecified atom stereocenters. The Morgan fingerprint density at radius 3 is 2.79 bits per heavy atom. The van der Waals surface area contributed by atoms with Crippen LogP contribution in [-0.4, -0.2) is 29.8 Å². The molecule has 14 heavy (non-hydrogen) atoms. The van der Waals surface area contributed by atoms with Crippen molar-refractivity contribution in [2.45, 2.75) is 32.6 Å². The molecule has 0 aromatic rings. The molecule has 1 rings (SSSR count). The molecular weight excluding hydrogens is 180 g/mol. The second-order valence-electron chi connectivity index (χ2n) is 3.83. The molecule has 0 bridgehead atoms. The van der Waals surface area contributed by atoms with Crippen LogP contribution in [0.15, 0.2) is 0 Å². The summed E-state index contributed by atoms with van der Waals surface area (Å²) < 4.78 is 0. The van der Waals surface area contributed by atoms with Crippen LogP contribution < -0.4 is 5.73 Å². The van der Waals surface area contributed by atoms with Gasteiger partial charge in [-0.25, -0.2) is 0 Å². The van der Waals surface area contributed by atoms with Gasteiger partial charge in [0.25, 0.3) is 0 Å². The minimum atomic E-state index is -0.279. The van der Waals surface area contributed by atoms with Crippen molar-refractivity contribution in [3.8, 4) is 0 Å². The standard InChI is InChI=1S/C10H18N2O2/c1-2-4-9(13)12-6-3-5-8(7-12)10(11)14/h8H,2-7H2,1H3,(H2,11,14). The molecule has 1 aliphatic rings. The number of amides is 2. The first-order chi connectivity index (χ1) is 6.65. The van der Waals surface area contributed by atoms with Gasteiger partial charge in [0.05, 0.1) is 5.92 Å². The van der Waals surface area contributed by atoms with Gasteiger partial charge in [-0.1, -0.05) is 6.92 Å². The molecule has 4 heteroatoms. The molecular formula is C10H18N2O2. The van der Waals surface area contributed by atoms with Crippen LogP contribution >= 0.6 is 0 Å². The Morgan fingerprint density at radius 2 is 2.21 bits per heavy atom. The van der Waals surface area contributed by atoms with Crippen LogP contribution in [0.5, 0.6) is 0 Å². The molecule has 1 atom stereocenters. The van der Waals surface area contributed by atoms with Crippen LogP contribution in [0.4, 0.5) is 0 Å². The number of nitrogens with two attached hydrogens (primary N) is 1. The first-order valence-electron chi connectivity index (χ1n) is 5.22. The first-order valence-corrected chi connectivity index (χ1v) is 5.22. The van der Waals surface area contributed by atoms with Crippen LogP contribution in [0.3, 0.4) is 0 Å². The number of hydrogen-bond acceptors (Lipinski definition) is 2. The Hall–Kier alpha value is -1.06. The van der Waals surface area contributed by atoms with Gasteiger partial charge in [-0.05, 0) is 19.3 Å².